The molecular formula is C67H108N20O17. The number of carboxylic acid groups (broad SMARTS) is 1. The molecule has 12 amide bonds. The summed E-state index contributed by atoms with van der Waals surface area (Å²) in [4.78, 5) is 186. The van der Waals surface area contributed by atoms with Crippen LogP contribution in [-0.2, 0) is 75.2 Å². The number of aliphatic hydroxyl groups is 2. The normalized spacial score (nSPS) is 16.2. The fourth-order valence-corrected chi connectivity index (χ4v) is 10.8. The van der Waals surface area contributed by atoms with Crippen LogP contribution in [-0.4, -0.2) is 233 Å². The zero-order valence-corrected chi connectivity index (χ0v) is 59.8. The molecule has 1 aliphatic heterocycles. The molecule has 1 saturated heterocycles. The van der Waals surface area contributed by atoms with Crippen LogP contribution in [0.4, 0.5) is 0 Å². The van der Waals surface area contributed by atoms with Gasteiger partial charge in [-0.3, -0.25) is 67.5 Å². The number of hydrogen-bond donors (Lipinski definition) is 21. The Morgan fingerprint density at radius 3 is 1.61 bits per heavy atom. The Balaban J connectivity index is 1.68. The maximum atomic E-state index is 14.1. The van der Waals surface area contributed by atoms with Gasteiger partial charge in [0.05, 0.1) is 31.8 Å². The van der Waals surface area contributed by atoms with Gasteiger partial charge < -0.3 is 118 Å². The smallest absolute Gasteiger partial charge is 0.326 e. The van der Waals surface area contributed by atoms with E-state index >= 15 is 0 Å². The first-order chi connectivity index (χ1) is 49.2. The minimum atomic E-state index is -1.75. The number of unbranched alkanes of at least 4 members (excludes halogenated alkanes) is 1. The van der Waals surface area contributed by atoms with Crippen LogP contribution in [0.3, 0.4) is 0 Å². The van der Waals surface area contributed by atoms with Crippen LogP contribution in [0.25, 0.3) is 0 Å². The van der Waals surface area contributed by atoms with Crippen molar-refractivity contribution in [1.82, 2.24) is 63.4 Å². The van der Waals surface area contributed by atoms with E-state index in [9.17, 15) is 82.8 Å². The Kier molecular flexibility index (Phi) is 38.6. The number of hydrogen-bond acceptors (Lipinski definition) is 20. The lowest BCUT2D eigenvalue weighted by Gasteiger charge is -2.31. The van der Waals surface area contributed by atoms with Crippen molar-refractivity contribution < 1.29 is 82.8 Å². The van der Waals surface area contributed by atoms with Crippen LogP contribution in [0.15, 0.2) is 64.6 Å². The van der Waals surface area contributed by atoms with Crippen molar-refractivity contribution in [1.29, 1.82) is 0 Å². The lowest BCUT2D eigenvalue weighted by Crippen LogP contribution is -2.63. The molecule has 1 aliphatic rings. The van der Waals surface area contributed by atoms with Crippen molar-refractivity contribution in [3.8, 4) is 5.75 Å². The summed E-state index contributed by atoms with van der Waals surface area (Å²) in [6, 6.07) is -0.912. The molecule has 578 valence electrons. The summed E-state index contributed by atoms with van der Waals surface area (Å²) in [5.41, 5.74) is 34.5. The lowest BCUT2D eigenvalue weighted by molar-refractivity contribution is -0.142. The Labute approximate surface area is 603 Å². The van der Waals surface area contributed by atoms with Gasteiger partial charge in [-0.1, -0.05) is 83.0 Å². The SMILES string of the molecule is CC[C@H](C)[C@H](NC(=O)[C@H](CO)NC(=O)[C@H](CCCCN)NC(=O)[C@@H](N)CCCN=C(N)N)C(=O)N[C@H](C(=O)N[C@H](C(=O)NCC(=O)N1CCC[C@H]1C(=O)NCC(=O)N[C@@H](CCCN=C(N)N)C(=O)N[C@@H](C)C(=O)N[C@@H](Cc1ccccc1)C(=O)N[C@@H](Cc1ccc(O)cc1)C(=O)O)[C@@H](C)CC)[C@@H](C)O. The first kappa shape index (κ1) is 87.9. The van der Waals surface area contributed by atoms with Crippen LogP contribution in [0.1, 0.15) is 123 Å². The standard InChI is InChI=1S/C67H108N20O17/c1-7-36(3)52(85-64(102)54(39(6)89)86-63(101)53(37(4)8-2)84-60(98)48(35-88)83-58(96)45(20-12-13-27-68)80-56(94)43(69)19-14-28-74-66(70)71)62(100)77-34-51(92)87-30-16-22-49(87)61(99)76-33-50(91)79-44(21-15-29-75-67(72)73)57(95)78-38(5)55(93)81-46(31-40-17-10-9-11-18-40)59(97)82-47(65(103)104)32-41-23-25-42(90)26-24-41/h9-11,17-18,23-26,36-39,43-49,52-54,88-90H,7-8,12-16,19-22,27-35,68-69H2,1-6H3,(H,76,99)(H,77,100)(H,78,95)(H,79,91)(H,80,94)(H,81,93)(H,82,97)(H,83,96)(H,84,98)(H,85,102)(H,86,101)(H,103,104)(H4,70,71,74)(H4,72,73,75)/t36-,37-,38-,39+,43-,44-,45-,46-,47-,48-,49-,52-,53-,54-/m0/s1. The number of carboxylic acids is 1. The number of guanidine groups is 2. The van der Waals surface area contributed by atoms with E-state index in [1.165, 1.54) is 43.0 Å². The molecule has 3 rings (SSSR count). The van der Waals surface area contributed by atoms with Crippen molar-refractivity contribution >= 4 is 88.8 Å². The molecule has 14 atom stereocenters. The number of nitrogens with zero attached hydrogens (tertiary/aromatic N) is 3. The first-order valence-corrected chi connectivity index (χ1v) is 34.7. The summed E-state index contributed by atoms with van der Waals surface area (Å²) in [7, 11) is 0. The minimum absolute atomic E-state index is 0.0235. The number of aromatic hydroxyl groups is 1. The lowest BCUT2D eigenvalue weighted by atomic mass is 9.96. The number of nitrogens with one attached hydrogen (secondary N) is 11. The highest BCUT2D eigenvalue weighted by atomic mass is 16.4. The molecule has 2 aromatic rings. The molecule has 0 bridgehead atoms. The number of nitrogens with two attached hydrogens (primary N) is 6. The van der Waals surface area contributed by atoms with Gasteiger partial charge in [-0.25, -0.2) is 4.79 Å². The molecular weight excluding hydrogens is 1360 g/mol. The minimum Gasteiger partial charge on any atom is -0.508 e. The van der Waals surface area contributed by atoms with Gasteiger partial charge >= 0.3 is 5.97 Å². The molecule has 104 heavy (non-hydrogen) atoms. The quantitative estimate of drug-likeness (QED) is 0.0167. The average molecular weight is 1470 g/mol. The molecule has 0 unspecified atom stereocenters. The van der Waals surface area contributed by atoms with Gasteiger partial charge in [0, 0.05) is 32.5 Å². The van der Waals surface area contributed by atoms with E-state index in [1.807, 2.05) is 0 Å². The molecule has 27 N–H and O–H groups in total. The monoisotopic (exact) mass is 1460 g/mol. The van der Waals surface area contributed by atoms with E-state index in [0.717, 1.165) is 0 Å². The highest BCUT2D eigenvalue weighted by molar-refractivity contribution is 5.99. The number of phenols is 1. The van der Waals surface area contributed by atoms with Crippen molar-refractivity contribution in [3.05, 3.63) is 65.7 Å². The first-order valence-electron chi connectivity index (χ1n) is 34.7. The number of aliphatic imine (C=N–C) groups is 2. The van der Waals surface area contributed by atoms with Gasteiger partial charge in [0.25, 0.3) is 0 Å². The van der Waals surface area contributed by atoms with E-state index in [-0.39, 0.29) is 95.2 Å². The molecule has 0 spiro atoms. The van der Waals surface area contributed by atoms with E-state index in [4.69, 9.17) is 34.4 Å². The second kappa shape index (κ2) is 45.7. The second-order valence-corrected chi connectivity index (χ2v) is 25.6. The average Bonchev–Trinajstić information content (AvgIpc) is 1.42. The van der Waals surface area contributed by atoms with E-state index in [2.05, 4.69) is 68.5 Å². The second-order valence-electron chi connectivity index (χ2n) is 25.6. The number of phenolic OH excluding ortho intramolecular Hbond substituents is 1. The van der Waals surface area contributed by atoms with Gasteiger partial charge in [0.1, 0.15) is 66.2 Å². The number of aliphatic hydroxyl groups excluding tert-OH is 2. The van der Waals surface area contributed by atoms with Crippen LogP contribution in [0.2, 0.25) is 0 Å². The highest BCUT2D eigenvalue weighted by Crippen LogP contribution is 2.19. The number of amides is 12. The predicted molar refractivity (Wildman–Crippen MR) is 382 cm³/mol. The van der Waals surface area contributed by atoms with Crippen LogP contribution < -0.4 is 92.9 Å². The number of carbonyl (C=O) groups is 13. The molecule has 0 saturated carbocycles. The maximum absolute atomic E-state index is 14.1. The molecule has 1 fully saturated rings. The Morgan fingerprint density at radius 1 is 0.538 bits per heavy atom. The number of likely N-dealkylation sites (tertiary alicyclic amines) is 1. The molecule has 1 heterocycles. The van der Waals surface area contributed by atoms with Crippen molar-refractivity contribution in [2.45, 2.75) is 198 Å². The molecule has 0 radical (unpaired) electrons. The third-order valence-corrected chi connectivity index (χ3v) is 17.3. The Bertz CT molecular complexity index is 3250. The summed E-state index contributed by atoms with van der Waals surface area (Å²) in [6.45, 7) is 7.38. The molecule has 0 aliphatic carbocycles. The zero-order chi connectivity index (χ0) is 77.8. The summed E-state index contributed by atoms with van der Waals surface area (Å²) < 4.78 is 0. The van der Waals surface area contributed by atoms with Crippen molar-refractivity contribution in [2.24, 2.45) is 56.2 Å². The van der Waals surface area contributed by atoms with E-state index in [0.29, 0.717) is 43.2 Å². The van der Waals surface area contributed by atoms with E-state index in [1.54, 1.807) is 58.0 Å². The molecule has 37 heteroatoms. The Morgan fingerprint density at radius 2 is 1.03 bits per heavy atom. The molecule has 0 aromatic heterocycles. The predicted octanol–water partition coefficient (Wildman–Crippen LogP) is -6.10. The van der Waals surface area contributed by atoms with Crippen LogP contribution >= 0.6 is 0 Å². The van der Waals surface area contributed by atoms with Gasteiger partial charge in [-0.2, -0.15) is 0 Å². The maximum Gasteiger partial charge on any atom is 0.326 e. The van der Waals surface area contributed by atoms with Gasteiger partial charge in [-0.05, 0) is 113 Å². The number of rotatable bonds is 46. The van der Waals surface area contributed by atoms with Gasteiger partial charge in [-0.15, -0.1) is 0 Å². The summed E-state index contributed by atoms with van der Waals surface area (Å²) in [6.07, 6.45) is 0.685. The Hall–Kier alpha value is -10.3. The van der Waals surface area contributed by atoms with Crippen LogP contribution in [0.5, 0.6) is 5.75 Å². The van der Waals surface area contributed by atoms with Crippen molar-refractivity contribution in [3.63, 3.8) is 0 Å². The summed E-state index contributed by atoms with van der Waals surface area (Å²) in [5, 5.41) is 68.5. The largest absolute Gasteiger partial charge is 0.508 e. The zero-order valence-electron chi connectivity index (χ0n) is 59.8. The topological polar surface area (TPSA) is 619 Å². The van der Waals surface area contributed by atoms with Crippen LogP contribution in [0, 0.1) is 11.8 Å². The van der Waals surface area contributed by atoms with Gasteiger partial charge in [0.15, 0.2) is 11.9 Å². The highest BCUT2D eigenvalue weighted by Gasteiger charge is 2.39. The molecule has 37 nitrogen and oxygen atoms in total. The number of benzene rings is 2. The van der Waals surface area contributed by atoms with E-state index < -0.39 is 181 Å². The molecule has 2 aromatic carbocycles. The summed E-state index contributed by atoms with van der Waals surface area (Å²) in [5.74, 6) is -13.4. The summed E-state index contributed by atoms with van der Waals surface area (Å²) >= 11 is 0. The fraction of sp³-hybridized carbons (Fsp3) is 0.597. The van der Waals surface area contributed by atoms with Crippen molar-refractivity contribution in [2.75, 3.05) is 45.9 Å². The third-order valence-electron chi connectivity index (χ3n) is 17.3. The fourth-order valence-electron chi connectivity index (χ4n) is 10.8. The van der Waals surface area contributed by atoms with Gasteiger partial charge in [0.2, 0.25) is 70.9 Å². The number of carbonyl (C=O) groups excluding carboxylic acids is 12. The third kappa shape index (κ3) is 30.7. The number of aliphatic carboxylic acids is 1.